The molecule has 1 heterocycles. The standard InChI is InChI=1S/B3H3O9.3Na/c4-10-1-7-2(11-5)9-3(8-1)12-6;;;/h4-6H;;;/q;3*+1/p-3. The second-order valence-electron chi connectivity index (χ2n) is 1.56. The smallest absolute Gasteiger partial charge is 0.737 e. The van der Waals surface area contributed by atoms with Gasteiger partial charge in [-0.05, 0) is 0 Å². The summed E-state index contributed by atoms with van der Waals surface area (Å²) in [6.45, 7) is 0. The van der Waals surface area contributed by atoms with Crippen LogP contribution in [0.4, 0.5) is 0 Å². The first-order valence-electron chi connectivity index (χ1n) is 2.62. The van der Waals surface area contributed by atoms with Crippen molar-refractivity contribution in [2.75, 3.05) is 0 Å². The molecule has 0 N–H and O–H groups in total. The summed E-state index contributed by atoms with van der Waals surface area (Å²) in [7, 11) is -5.34. The van der Waals surface area contributed by atoms with E-state index in [4.69, 9.17) is 0 Å². The van der Waals surface area contributed by atoms with Crippen molar-refractivity contribution in [3.05, 3.63) is 0 Å². The Hall–Kier alpha value is 2.83. The molecule has 1 aliphatic rings. The molecule has 1 rings (SSSR count). The average Bonchev–Trinajstić information content (AvgIpc) is 2.16. The molecule has 0 saturated carbocycles. The van der Waals surface area contributed by atoms with E-state index < -0.39 is 22.0 Å². The summed E-state index contributed by atoms with van der Waals surface area (Å²) in [5.74, 6) is 0. The van der Waals surface area contributed by atoms with Gasteiger partial charge < -0.3 is 43.9 Å². The van der Waals surface area contributed by atoms with E-state index in [1.54, 1.807) is 0 Å². The van der Waals surface area contributed by atoms with Crippen LogP contribution in [-0.2, 0) is 28.1 Å². The second kappa shape index (κ2) is 13.3. The molecule has 9 nitrogen and oxygen atoms in total. The Balaban J connectivity index is -0.000000480. The van der Waals surface area contributed by atoms with Crippen LogP contribution in [0.1, 0.15) is 0 Å². The maximum Gasteiger partial charge on any atom is 1.00 e. The Morgan fingerprint density at radius 2 is 0.800 bits per heavy atom. The molecular weight excluding hydrogens is 245 g/mol. The van der Waals surface area contributed by atoms with Gasteiger partial charge in [-0.2, -0.15) is 0 Å². The zero-order valence-electron chi connectivity index (χ0n) is 8.41. The minimum absolute atomic E-state index is 0. The van der Waals surface area contributed by atoms with Gasteiger partial charge in [-0.1, -0.05) is 0 Å². The number of hydrogen-bond acceptors (Lipinski definition) is 9. The van der Waals surface area contributed by atoms with Crippen LogP contribution in [0.3, 0.4) is 0 Å². The van der Waals surface area contributed by atoms with E-state index in [9.17, 15) is 15.8 Å². The first-order chi connectivity index (χ1) is 5.80. The maximum atomic E-state index is 9.69. The van der Waals surface area contributed by atoms with Gasteiger partial charge in [0.25, 0.3) is 0 Å². The van der Waals surface area contributed by atoms with Gasteiger partial charge in [0.05, 0.1) is 0 Å². The molecule has 1 aliphatic heterocycles. The van der Waals surface area contributed by atoms with Crippen LogP contribution in [0.5, 0.6) is 0 Å². The molecule has 0 aromatic heterocycles. The zero-order valence-corrected chi connectivity index (χ0v) is 14.4. The summed E-state index contributed by atoms with van der Waals surface area (Å²) in [4.78, 5) is 9.73. The van der Waals surface area contributed by atoms with Crippen LogP contribution < -0.4 is 104 Å². The van der Waals surface area contributed by atoms with E-state index >= 15 is 0 Å². The Morgan fingerprint density at radius 3 is 0.933 bits per heavy atom. The first kappa shape index (κ1) is 23.0. The SMILES string of the molecule is [Na+].[Na+].[Na+].[O-]OB1OB(O[O-])OB(O[O-])O1. The molecule has 0 atom stereocenters. The summed E-state index contributed by atoms with van der Waals surface area (Å²) in [6.07, 6.45) is 0. The quantitative estimate of drug-likeness (QED) is 0.271. The molecule has 0 bridgehead atoms. The van der Waals surface area contributed by atoms with E-state index in [1.165, 1.54) is 0 Å². The van der Waals surface area contributed by atoms with Gasteiger partial charge in [0.15, 0.2) is 0 Å². The van der Waals surface area contributed by atoms with Crippen molar-refractivity contribution in [2.45, 2.75) is 0 Å². The number of rotatable bonds is 3. The van der Waals surface area contributed by atoms with Crippen LogP contribution in [-0.4, -0.2) is 22.0 Å². The van der Waals surface area contributed by atoms with Crippen LogP contribution in [0.2, 0.25) is 0 Å². The topological polar surface area (TPSA) is 125 Å². The third-order valence-corrected chi connectivity index (χ3v) is 0.902. The molecular formula is B3Na3O9. The molecule has 1 saturated heterocycles. The van der Waals surface area contributed by atoms with Crippen molar-refractivity contribution in [2.24, 2.45) is 0 Å². The molecule has 66 valence electrons. The van der Waals surface area contributed by atoms with Gasteiger partial charge >= 0.3 is 111 Å². The molecule has 0 unspecified atom stereocenters. The van der Waals surface area contributed by atoms with E-state index in [0.29, 0.717) is 0 Å². The van der Waals surface area contributed by atoms with Crippen molar-refractivity contribution in [3.8, 4) is 0 Å². The van der Waals surface area contributed by atoms with Gasteiger partial charge in [0, 0.05) is 0 Å². The third-order valence-electron chi connectivity index (χ3n) is 0.902. The summed E-state index contributed by atoms with van der Waals surface area (Å²) in [5, 5.41) is 29.1. The Labute approximate surface area is 152 Å². The summed E-state index contributed by atoms with van der Waals surface area (Å²) in [6, 6.07) is 0. The zero-order chi connectivity index (χ0) is 8.97. The Kier molecular flexibility index (Phi) is 20.3. The molecule has 0 aliphatic carbocycles. The largest absolute Gasteiger partial charge is 1.00 e. The minimum Gasteiger partial charge on any atom is -0.737 e. The first-order valence-corrected chi connectivity index (χ1v) is 2.62. The fourth-order valence-electron chi connectivity index (χ4n) is 0.504. The Morgan fingerprint density at radius 1 is 0.600 bits per heavy atom. The molecule has 15 heavy (non-hydrogen) atoms. The van der Waals surface area contributed by atoms with Gasteiger partial charge in [0.2, 0.25) is 0 Å². The minimum atomic E-state index is -1.78. The van der Waals surface area contributed by atoms with E-state index in [0.717, 1.165) is 0 Å². The summed E-state index contributed by atoms with van der Waals surface area (Å²) < 4.78 is 12.6. The molecule has 0 aromatic rings. The summed E-state index contributed by atoms with van der Waals surface area (Å²) >= 11 is 0. The molecule has 0 amide bonds. The Bertz CT molecular complexity index is 108. The maximum absolute atomic E-state index is 9.69. The van der Waals surface area contributed by atoms with Crippen LogP contribution in [0, 0.1) is 0 Å². The fourth-order valence-corrected chi connectivity index (χ4v) is 0.504. The van der Waals surface area contributed by atoms with Crippen molar-refractivity contribution < 1.29 is 133 Å². The normalized spacial score (nSPS) is 15.0. The van der Waals surface area contributed by atoms with Crippen LogP contribution in [0.25, 0.3) is 0 Å². The van der Waals surface area contributed by atoms with Crippen molar-refractivity contribution in [3.63, 3.8) is 0 Å². The second-order valence-corrected chi connectivity index (χ2v) is 1.56. The van der Waals surface area contributed by atoms with E-state index in [1.807, 2.05) is 0 Å². The van der Waals surface area contributed by atoms with Crippen molar-refractivity contribution in [1.82, 2.24) is 0 Å². The third kappa shape index (κ3) is 8.53. The van der Waals surface area contributed by atoms with Crippen LogP contribution in [0.15, 0.2) is 0 Å². The fraction of sp³-hybridized carbons (Fsp3) is 0. The predicted molar refractivity (Wildman–Crippen MR) is 23.8 cm³/mol. The van der Waals surface area contributed by atoms with Crippen molar-refractivity contribution in [1.29, 1.82) is 0 Å². The average molecular weight is 245 g/mol. The summed E-state index contributed by atoms with van der Waals surface area (Å²) in [5.41, 5.74) is 0. The molecule has 0 aromatic carbocycles. The van der Waals surface area contributed by atoms with Gasteiger partial charge in [0.1, 0.15) is 0 Å². The predicted octanol–water partition coefficient (Wildman–Crippen LogP) is -14.1. The van der Waals surface area contributed by atoms with Gasteiger partial charge in [-0.25, -0.2) is 0 Å². The monoisotopic (exact) mass is 246 g/mol. The molecule has 1 fully saturated rings. The van der Waals surface area contributed by atoms with E-state index in [-0.39, 0.29) is 88.7 Å². The van der Waals surface area contributed by atoms with Gasteiger partial charge in [-0.3, -0.25) is 0 Å². The van der Waals surface area contributed by atoms with Crippen molar-refractivity contribution >= 4 is 22.0 Å². The molecule has 0 spiro atoms. The van der Waals surface area contributed by atoms with E-state index in [2.05, 4.69) is 28.1 Å². The van der Waals surface area contributed by atoms with Gasteiger partial charge in [-0.15, -0.1) is 0 Å². The molecule has 15 heteroatoms. The number of hydrogen-bond donors (Lipinski definition) is 0. The molecule has 0 radical (unpaired) electrons. The van der Waals surface area contributed by atoms with Crippen LogP contribution >= 0.6 is 0 Å².